The summed E-state index contributed by atoms with van der Waals surface area (Å²) in [6.45, 7) is 0. The van der Waals surface area contributed by atoms with Crippen LogP contribution < -0.4 is 5.73 Å². The van der Waals surface area contributed by atoms with Crippen molar-refractivity contribution in [1.29, 1.82) is 0 Å². The van der Waals surface area contributed by atoms with Crippen LogP contribution >= 0.6 is 0 Å². The van der Waals surface area contributed by atoms with E-state index in [-0.39, 0.29) is 23.4 Å². The van der Waals surface area contributed by atoms with Gasteiger partial charge in [-0.25, -0.2) is 4.98 Å². The number of fused-ring (bicyclic) bond motifs is 4. The van der Waals surface area contributed by atoms with E-state index in [1.54, 1.807) is 28.7 Å². The predicted molar refractivity (Wildman–Crippen MR) is 121 cm³/mol. The summed E-state index contributed by atoms with van der Waals surface area (Å²) in [5.74, 6) is 0.781. The van der Waals surface area contributed by atoms with Crippen molar-refractivity contribution >= 4 is 28.4 Å². The third-order valence-electron chi connectivity index (χ3n) is 8.08. The van der Waals surface area contributed by atoms with Crippen LogP contribution in [0.3, 0.4) is 0 Å². The molecule has 4 aliphatic rings. The SMILES string of the molecule is Nc1nc2ccc(C(=O)N(C3CCc4cc(C(F)(F)F)ccc43)C34CC(C3)C4)cc2c2nncn12. The smallest absolute Gasteiger partial charge is 0.369 e. The lowest BCUT2D eigenvalue weighted by Gasteiger charge is -2.67. The van der Waals surface area contributed by atoms with E-state index in [4.69, 9.17) is 5.73 Å². The Bertz CT molecular complexity index is 1530. The van der Waals surface area contributed by atoms with Crippen LogP contribution in [0.5, 0.6) is 0 Å². The number of carbonyl (C=O) groups is 1. The van der Waals surface area contributed by atoms with E-state index in [9.17, 15) is 18.0 Å². The maximum Gasteiger partial charge on any atom is 0.416 e. The minimum Gasteiger partial charge on any atom is -0.369 e. The van der Waals surface area contributed by atoms with Gasteiger partial charge in [0.2, 0.25) is 5.95 Å². The van der Waals surface area contributed by atoms with Gasteiger partial charge in [-0.2, -0.15) is 13.2 Å². The van der Waals surface area contributed by atoms with Crippen LogP contribution in [0.15, 0.2) is 42.7 Å². The molecule has 0 aliphatic heterocycles. The molecule has 0 spiro atoms. The molecule has 35 heavy (non-hydrogen) atoms. The first-order valence-corrected chi connectivity index (χ1v) is 11.7. The van der Waals surface area contributed by atoms with E-state index < -0.39 is 11.7 Å². The number of benzene rings is 2. The van der Waals surface area contributed by atoms with Crippen molar-refractivity contribution in [2.24, 2.45) is 5.92 Å². The minimum absolute atomic E-state index is 0.114. The Labute approximate surface area is 197 Å². The minimum atomic E-state index is -4.38. The van der Waals surface area contributed by atoms with E-state index in [1.807, 2.05) is 4.90 Å². The summed E-state index contributed by atoms with van der Waals surface area (Å²) in [6.07, 6.45) is 1.09. The molecule has 178 valence electrons. The zero-order valence-corrected chi connectivity index (χ0v) is 18.6. The summed E-state index contributed by atoms with van der Waals surface area (Å²) in [5, 5.41) is 8.74. The molecule has 2 aromatic carbocycles. The second-order valence-corrected chi connectivity index (χ2v) is 10.1. The number of aromatic nitrogens is 4. The van der Waals surface area contributed by atoms with E-state index in [0.29, 0.717) is 46.4 Å². The number of alkyl halides is 3. The van der Waals surface area contributed by atoms with Crippen molar-refractivity contribution < 1.29 is 18.0 Å². The number of nitrogens with two attached hydrogens (primary N) is 1. The number of rotatable bonds is 3. The Kier molecular flexibility index (Phi) is 3.96. The quantitative estimate of drug-likeness (QED) is 0.466. The monoisotopic (exact) mass is 478 g/mol. The Morgan fingerprint density at radius 1 is 1.14 bits per heavy atom. The highest BCUT2D eigenvalue weighted by atomic mass is 19.4. The number of hydrogen-bond donors (Lipinski definition) is 1. The van der Waals surface area contributed by atoms with Crippen molar-refractivity contribution in [2.75, 3.05) is 5.73 Å². The summed E-state index contributed by atoms with van der Waals surface area (Å²) in [7, 11) is 0. The Morgan fingerprint density at radius 2 is 1.94 bits per heavy atom. The molecule has 0 radical (unpaired) electrons. The van der Waals surface area contributed by atoms with Crippen LogP contribution in [0.4, 0.5) is 19.1 Å². The first-order chi connectivity index (χ1) is 16.7. The van der Waals surface area contributed by atoms with E-state index in [0.717, 1.165) is 30.9 Å². The van der Waals surface area contributed by atoms with Crippen molar-refractivity contribution in [3.05, 3.63) is 65.0 Å². The second-order valence-electron chi connectivity index (χ2n) is 10.1. The number of nitrogen functional groups attached to an aromatic ring is 1. The third-order valence-corrected chi connectivity index (χ3v) is 8.08. The number of amides is 1. The van der Waals surface area contributed by atoms with Crippen molar-refractivity contribution in [1.82, 2.24) is 24.5 Å². The second kappa shape index (κ2) is 6.71. The Hall–Kier alpha value is -3.69. The number of hydrogen-bond acceptors (Lipinski definition) is 5. The normalized spacial score (nSPS) is 24.8. The molecule has 1 atom stereocenters. The van der Waals surface area contributed by atoms with Gasteiger partial charge in [0.15, 0.2) is 5.65 Å². The van der Waals surface area contributed by atoms with Crippen molar-refractivity contribution in [3.8, 4) is 0 Å². The van der Waals surface area contributed by atoms with E-state index >= 15 is 0 Å². The highest BCUT2D eigenvalue weighted by Gasteiger charge is 2.63. The lowest BCUT2D eigenvalue weighted by atomic mass is 9.48. The zero-order chi connectivity index (χ0) is 24.1. The van der Waals surface area contributed by atoms with Gasteiger partial charge in [-0.05, 0) is 79.5 Å². The van der Waals surface area contributed by atoms with Gasteiger partial charge in [0.1, 0.15) is 6.33 Å². The van der Waals surface area contributed by atoms with Gasteiger partial charge in [-0.1, -0.05) is 6.07 Å². The molecule has 10 heteroatoms. The number of aryl methyl sites for hydroxylation is 1. The maximum atomic E-state index is 14.1. The maximum absolute atomic E-state index is 14.1. The van der Waals surface area contributed by atoms with Crippen LogP contribution in [0.2, 0.25) is 0 Å². The highest BCUT2D eigenvalue weighted by molar-refractivity contribution is 6.02. The molecular weight excluding hydrogens is 457 g/mol. The highest BCUT2D eigenvalue weighted by Crippen LogP contribution is 2.63. The van der Waals surface area contributed by atoms with E-state index in [1.165, 1.54) is 12.4 Å². The van der Waals surface area contributed by atoms with Gasteiger partial charge in [0.25, 0.3) is 5.91 Å². The standard InChI is InChI=1S/C25H21F3N6O/c26-25(27,28)16-3-4-17-14(7-16)2-6-20(17)34(24-9-13(10-24)11-24)22(35)15-1-5-19-18(8-15)21-32-30-12-33(21)23(29)31-19/h1,3-5,7-8,12-13,20H,2,6,9-11H2,(H2,29,31). The lowest BCUT2D eigenvalue weighted by Crippen LogP contribution is -2.69. The average Bonchev–Trinajstić information content (AvgIpc) is 3.41. The van der Waals surface area contributed by atoms with Gasteiger partial charge >= 0.3 is 6.18 Å². The van der Waals surface area contributed by atoms with Gasteiger partial charge in [0, 0.05) is 16.5 Å². The molecule has 1 unspecified atom stereocenters. The molecule has 7 nitrogen and oxygen atoms in total. The molecular formula is C25H21F3N6O. The summed E-state index contributed by atoms with van der Waals surface area (Å²) in [4.78, 5) is 20.4. The molecule has 2 bridgehead atoms. The molecule has 4 aromatic rings. The fraction of sp³-hybridized carbons (Fsp3) is 0.360. The van der Waals surface area contributed by atoms with Crippen LogP contribution in [0.25, 0.3) is 16.6 Å². The molecule has 3 saturated carbocycles. The fourth-order valence-electron chi connectivity index (χ4n) is 6.30. The molecule has 2 N–H and O–H groups in total. The number of halogens is 3. The lowest BCUT2D eigenvalue weighted by molar-refractivity contribution is -0.139. The van der Waals surface area contributed by atoms with Crippen LogP contribution in [-0.4, -0.2) is 35.9 Å². The van der Waals surface area contributed by atoms with Crippen molar-refractivity contribution in [3.63, 3.8) is 0 Å². The van der Waals surface area contributed by atoms with E-state index in [2.05, 4.69) is 15.2 Å². The molecule has 3 fully saturated rings. The largest absolute Gasteiger partial charge is 0.416 e. The topological polar surface area (TPSA) is 89.4 Å². The van der Waals surface area contributed by atoms with Gasteiger partial charge in [-0.3, -0.25) is 9.20 Å². The molecule has 1 amide bonds. The molecule has 8 rings (SSSR count). The molecule has 2 aromatic heterocycles. The van der Waals surface area contributed by atoms with Gasteiger partial charge in [-0.15, -0.1) is 10.2 Å². The summed E-state index contributed by atoms with van der Waals surface area (Å²) in [6, 6.07) is 8.97. The van der Waals surface area contributed by atoms with Gasteiger partial charge in [0.05, 0.1) is 17.1 Å². The number of anilines is 1. The number of carbonyl (C=O) groups excluding carboxylic acids is 1. The van der Waals surface area contributed by atoms with Crippen LogP contribution in [0, 0.1) is 5.92 Å². The average molecular weight is 478 g/mol. The molecule has 0 saturated heterocycles. The summed E-state index contributed by atoms with van der Waals surface area (Å²) in [5.41, 5.74) is 8.27. The fourth-order valence-corrected chi connectivity index (χ4v) is 6.30. The first-order valence-electron chi connectivity index (χ1n) is 11.7. The summed E-state index contributed by atoms with van der Waals surface area (Å²) >= 11 is 0. The third kappa shape index (κ3) is 2.85. The van der Waals surface area contributed by atoms with Crippen molar-refractivity contribution in [2.45, 2.75) is 49.9 Å². The Balaban J connectivity index is 1.31. The zero-order valence-electron chi connectivity index (χ0n) is 18.6. The van der Waals surface area contributed by atoms with Crippen LogP contribution in [0.1, 0.15) is 58.8 Å². The number of nitrogens with zero attached hydrogens (tertiary/aromatic N) is 5. The molecule has 4 aliphatic carbocycles. The summed E-state index contributed by atoms with van der Waals surface area (Å²) < 4.78 is 41.4. The van der Waals surface area contributed by atoms with Gasteiger partial charge < -0.3 is 10.6 Å². The molecule has 2 heterocycles. The Morgan fingerprint density at radius 3 is 2.66 bits per heavy atom. The predicted octanol–water partition coefficient (Wildman–Crippen LogP) is 4.56. The first kappa shape index (κ1) is 20.7. The van der Waals surface area contributed by atoms with Crippen LogP contribution in [-0.2, 0) is 12.6 Å².